The van der Waals surface area contributed by atoms with E-state index in [1.807, 2.05) is 0 Å². The van der Waals surface area contributed by atoms with Crippen molar-refractivity contribution < 1.29 is 4.74 Å². The Morgan fingerprint density at radius 3 is 2.42 bits per heavy atom. The number of ether oxygens (including phenoxy) is 1. The molecule has 2 rings (SSSR count). The van der Waals surface area contributed by atoms with Gasteiger partial charge in [0.2, 0.25) is 0 Å². The molecule has 0 aromatic carbocycles. The molecule has 70 valence electrons. The minimum Gasteiger partial charge on any atom is -0.370 e. The number of hydrogen-bond acceptors (Lipinski definition) is 1. The van der Waals surface area contributed by atoms with Gasteiger partial charge in [-0.15, -0.1) is 0 Å². The highest BCUT2D eigenvalue weighted by atomic mass is 16.6. The molecule has 0 amide bonds. The van der Waals surface area contributed by atoms with Gasteiger partial charge in [0.25, 0.3) is 0 Å². The molecular formula is C11H20O. The SMILES string of the molecule is C[C@@H]1CC[C@@H]([C@]2(C)CO2)[C@H](C)C1. The number of hydrogen-bond donors (Lipinski definition) is 0. The van der Waals surface area contributed by atoms with Crippen LogP contribution in [0.5, 0.6) is 0 Å². The molecule has 1 heterocycles. The van der Waals surface area contributed by atoms with Gasteiger partial charge >= 0.3 is 0 Å². The van der Waals surface area contributed by atoms with Crippen molar-refractivity contribution in [2.45, 2.75) is 45.6 Å². The summed E-state index contributed by atoms with van der Waals surface area (Å²) in [7, 11) is 0. The van der Waals surface area contributed by atoms with Gasteiger partial charge in [-0.05, 0) is 37.5 Å². The van der Waals surface area contributed by atoms with E-state index in [4.69, 9.17) is 4.74 Å². The van der Waals surface area contributed by atoms with E-state index in [9.17, 15) is 0 Å². The minimum atomic E-state index is 0.277. The van der Waals surface area contributed by atoms with Gasteiger partial charge in [-0.25, -0.2) is 0 Å². The fourth-order valence-electron chi connectivity index (χ4n) is 2.90. The van der Waals surface area contributed by atoms with E-state index >= 15 is 0 Å². The molecule has 4 atom stereocenters. The zero-order valence-electron chi connectivity index (χ0n) is 8.47. The molecule has 1 saturated carbocycles. The summed E-state index contributed by atoms with van der Waals surface area (Å²) in [5.41, 5.74) is 0.277. The summed E-state index contributed by atoms with van der Waals surface area (Å²) in [6, 6.07) is 0. The van der Waals surface area contributed by atoms with Crippen LogP contribution in [-0.4, -0.2) is 12.2 Å². The minimum absolute atomic E-state index is 0.277. The molecule has 1 saturated heterocycles. The first kappa shape index (κ1) is 8.55. The highest BCUT2D eigenvalue weighted by molar-refractivity contribution is 4.97. The average molecular weight is 168 g/mol. The Labute approximate surface area is 75.5 Å². The lowest BCUT2D eigenvalue weighted by Crippen LogP contribution is -2.32. The third-order valence-electron chi connectivity index (χ3n) is 3.82. The molecule has 0 aromatic heterocycles. The standard InChI is InChI=1S/C11H20O/c1-8-4-5-10(9(2)6-8)11(3)7-12-11/h8-10H,4-7H2,1-3H3/t8-,9-,10-,11+/m1/s1. The summed E-state index contributed by atoms with van der Waals surface area (Å²) >= 11 is 0. The summed E-state index contributed by atoms with van der Waals surface area (Å²) in [6.07, 6.45) is 4.20. The molecule has 0 radical (unpaired) electrons. The van der Waals surface area contributed by atoms with Crippen molar-refractivity contribution in [1.82, 2.24) is 0 Å². The van der Waals surface area contributed by atoms with E-state index in [2.05, 4.69) is 20.8 Å². The Kier molecular flexibility index (Phi) is 1.95. The largest absolute Gasteiger partial charge is 0.370 e. The highest BCUT2D eigenvalue weighted by Gasteiger charge is 2.49. The van der Waals surface area contributed by atoms with Crippen LogP contribution in [0.1, 0.15) is 40.0 Å². The van der Waals surface area contributed by atoms with Gasteiger partial charge in [0.05, 0.1) is 12.2 Å². The van der Waals surface area contributed by atoms with E-state index in [1.54, 1.807) is 0 Å². The first-order chi connectivity index (χ1) is 5.62. The van der Waals surface area contributed by atoms with Crippen LogP contribution in [0.15, 0.2) is 0 Å². The summed E-state index contributed by atoms with van der Waals surface area (Å²) < 4.78 is 5.54. The predicted octanol–water partition coefficient (Wildman–Crippen LogP) is 2.85. The second kappa shape index (κ2) is 2.73. The fraction of sp³-hybridized carbons (Fsp3) is 1.00. The Bertz CT molecular complexity index is 172. The van der Waals surface area contributed by atoms with Gasteiger partial charge in [0.1, 0.15) is 0 Å². The van der Waals surface area contributed by atoms with Gasteiger partial charge in [0.15, 0.2) is 0 Å². The molecule has 1 nitrogen and oxygen atoms in total. The van der Waals surface area contributed by atoms with E-state index < -0.39 is 0 Å². The molecule has 1 aliphatic carbocycles. The summed E-state index contributed by atoms with van der Waals surface area (Å²) in [5.74, 6) is 2.66. The van der Waals surface area contributed by atoms with Crippen molar-refractivity contribution in [1.29, 1.82) is 0 Å². The molecule has 0 N–H and O–H groups in total. The Hall–Kier alpha value is -0.0400. The first-order valence-corrected chi connectivity index (χ1v) is 5.26. The van der Waals surface area contributed by atoms with E-state index in [0.717, 1.165) is 24.4 Å². The summed E-state index contributed by atoms with van der Waals surface area (Å²) in [4.78, 5) is 0. The summed E-state index contributed by atoms with van der Waals surface area (Å²) in [5, 5.41) is 0. The lowest BCUT2D eigenvalue weighted by atomic mass is 9.70. The molecule has 0 aromatic rings. The molecule has 0 unspecified atom stereocenters. The molecule has 2 aliphatic rings. The third kappa shape index (κ3) is 1.39. The van der Waals surface area contributed by atoms with Crippen molar-refractivity contribution in [2.24, 2.45) is 17.8 Å². The molecule has 1 aliphatic heterocycles. The van der Waals surface area contributed by atoms with E-state index in [0.29, 0.717) is 0 Å². The smallest absolute Gasteiger partial charge is 0.0919 e. The van der Waals surface area contributed by atoms with Gasteiger partial charge in [0, 0.05) is 0 Å². The lowest BCUT2D eigenvalue weighted by molar-refractivity contribution is 0.114. The van der Waals surface area contributed by atoms with Crippen molar-refractivity contribution in [3.8, 4) is 0 Å². The predicted molar refractivity (Wildman–Crippen MR) is 50.0 cm³/mol. The fourth-order valence-corrected chi connectivity index (χ4v) is 2.90. The highest BCUT2D eigenvalue weighted by Crippen LogP contribution is 2.46. The van der Waals surface area contributed by atoms with E-state index in [1.165, 1.54) is 19.3 Å². The zero-order chi connectivity index (χ0) is 8.77. The van der Waals surface area contributed by atoms with Crippen molar-refractivity contribution in [3.05, 3.63) is 0 Å². The van der Waals surface area contributed by atoms with Crippen LogP contribution in [0, 0.1) is 17.8 Å². The topological polar surface area (TPSA) is 12.5 Å². The molecule has 2 fully saturated rings. The van der Waals surface area contributed by atoms with Crippen LogP contribution < -0.4 is 0 Å². The summed E-state index contributed by atoms with van der Waals surface area (Å²) in [6.45, 7) is 8.07. The molecular weight excluding hydrogens is 148 g/mol. The molecule has 1 heteroatoms. The van der Waals surface area contributed by atoms with Crippen molar-refractivity contribution in [3.63, 3.8) is 0 Å². The molecule has 0 bridgehead atoms. The maximum absolute atomic E-state index is 5.54. The van der Waals surface area contributed by atoms with Crippen LogP contribution in [0.25, 0.3) is 0 Å². The van der Waals surface area contributed by atoms with E-state index in [-0.39, 0.29) is 5.60 Å². The van der Waals surface area contributed by atoms with Crippen molar-refractivity contribution >= 4 is 0 Å². The van der Waals surface area contributed by atoms with Crippen molar-refractivity contribution in [2.75, 3.05) is 6.61 Å². The second-order valence-corrected chi connectivity index (χ2v) is 5.10. The van der Waals surface area contributed by atoms with Crippen LogP contribution in [0.3, 0.4) is 0 Å². The molecule has 0 spiro atoms. The quantitative estimate of drug-likeness (QED) is 0.548. The number of epoxide rings is 1. The van der Waals surface area contributed by atoms with Gasteiger partial charge < -0.3 is 4.74 Å². The van der Waals surface area contributed by atoms with Crippen LogP contribution in [0.4, 0.5) is 0 Å². The normalized spacial score (nSPS) is 53.8. The van der Waals surface area contributed by atoms with Crippen LogP contribution in [-0.2, 0) is 4.74 Å². The van der Waals surface area contributed by atoms with Crippen LogP contribution >= 0.6 is 0 Å². The average Bonchev–Trinajstić information content (AvgIpc) is 2.68. The monoisotopic (exact) mass is 168 g/mol. The van der Waals surface area contributed by atoms with Gasteiger partial charge in [-0.2, -0.15) is 0 Å². The molecule has 12 heavy (non-hydrogen) atoms. The van der Waals surface area contributed by atoms with Gasteiger partial charge in [-0.1, -0.05) is 20.3 Å². The van der Waals surface area contributed by atoms with Gasteiger partial charge in [-0.3, -0.25) is 0 Å². The third-order valence-corrected chi connectivity index (χ3v) is 3.82. The lowest BCUT2D eigenvalue weighted by Gasteiger charge is -2.35. The Balaban J connectivity index is 1.98. The number of rotatable bonds is 1. The maximum Gasteiger partial charge on any atom is 0.0919 e. The maximum atomic E-state index is 5.54. The zero-order valence-corrected chi connectivity index (χ0v) is 8.47. The first-order valence-electron chi connectivity index (χ1n) is 5.26. The van der Waals surface area contributed by atoms with Crippen LogP contribution in [0.2, 0.25) is 0 Å². The second-order valence-electron chi connectivity index (χ2n) is 5.10. The Morgan fingerprint density at radius 2 is 1.92 bits per heavy atom. The Morgan fingerprint density at radius 1 is 1.25 bits per heavy atom.